The molecule has 0 unspecified atom stereocenters. The molecule has 0 aliphatic carbocycles. The SMILES string of the molecule is COC(=O)[C@H](Br)[C@H](Br)c1ccccc1. The van der Waals surface area contributed by atoms with E-state index in [0.29, 0.717) is 0 Å². The third kappa shape index (κ3) is 2.82. The van der Waals surface area contributed by atoms with Crippen LogP contribution in [0, 0.1) is 0 Å². The van der Waals surface area contributed by atoms with Crippen molar-refractivity contribution in [1.82, 2.24) is 0 Å². The van der Waals surface area contributed by atoms with Crippen LogP contribution in [0.25, 0.3) is 0 Å². The second-order valence-electron chi connectivity index (χ2n) is 2.74. The molecule has 2 nitrogen and oxygen atoms in total. The second-order valence-corrected chi connectivity index (χ2v) is 4.71. The average Bonchev–Trinajstić information content (AvgIpc) is 2.27. The lowest BCUT2D eigenvalue weighted by Gasteiger charge is -2.14. The highest BCUT2D eigenvalue weighted by Gasteiger charge is 2.25. The van der Waals surface area contributed by atoms with Crippen molar-refractivity contribution in [3.05, 3.63) is 35.9 Å². The summed E-state index contributed by atoms with van der Waals surface area (Å²) >= 11 is 6.73. The molecule has 0 heterocycles. The molecule has 0 N–H and O–H groups in total. The summed E-state index contributed by atoms with van der Waals surface area (Å²) in [6.45, 7) is 0. The van der Waals surface area contributed by atoms with E-state index < -0.39 is 0 Å². The van der Waals surface area contributed by atoms with E-state index >= 15 is 0 Å². The largest absolute Gasteiger partial charge is 0.468 e. The Morgan fingerprint density at radius 3 is 2.36 bits per heavy atom. The van der Waals surface area contributed by atoms with Crippen molar-refractivity contribution >= 4 is 37.8 Å². The maximum Gasteiger partial charge on any atom is 0.320 e. The van der Waals surface area contributed by atoms with E-state index in [0.717, 1.165) is 5.56 Å². The first-order valence-corrected chi connectivity index (χ1v) is 5.91. The van der Waals surface area contributed by atoms with Crippen LogP contribution in [0.1, 0.15) is 10.4 Å². The molecular weight excluding hydrogens is 312 g/mol. The van der Waals surface area contributed by atoms with Gasteiger partial charge in [0.25, 0.3) is 0 Å². The zero-order valence-corrected chi connectivity index (χ0v) is 10.8. The molecule has 0 radical (unpaired) electrons. The number of hydrogen-bond acceptors (Lipinski definition) is 2. The highest BCUT2D eigenvalue weighted by Crippen LogP contribution is 2.31. The van der Waals surface area contributed by atoms with Gasteiger partial charge in [-0.15, -0.1) is 0 Å². The normalized spacial score (nSPS) is 14.5. The first-order valence-electron chi connectivity index (χ1n) is 4.07. The third-order valence-electron chi connectivity index (χ3n) is 1.80. The minimum atomic E-state index is -0.366. The molecule has 2 atom stereocenters. The van der Waals surface area contributed by atoms with Gasteiger partial charge in [-0.05, 0) is 5.56 Å². The van der Waals surface area contributed by atoms with Crippen LogP contribution in [0.2, 0.25) is 0 Å². The van der Waals surface area contributed by atoms with Crippen LogP contribution in [-0.4, -0.2) is 17.9 Å². The summed E-state index contributed by atoms with van der Waals surface area (Å²) < 4.78 is 4.64. The van der Waals surface area contributed by atoms with Crippen LogP contribution in [-0.2, 0) is 9.53 Å². The van der Waals surface area contributed by atoms with Crippen LogP contribution < -0.4 is 0 Å². The molecule has 0 bridgehead atoms. The molecule has 76 valence electrons. The number of alkyl halides is 2. The van der Waals surface area contributed by atoms with E-state index in [4.69, 9.17) is 0 Å². The van der Waals surface area contributed by atoms with Crippen molar-refractivity contribution < 1.29 is 9.53 Å². The van der Waals surface area contributed by atoms with E-state index in [1.165, 1.54) is 7.11 Å². The van der Waals surface area contributed by atoms with Crippen molar-refractivity contribution in [2.75, 3.05) is 7.11 Å². The lowest BCUT2D eigenvalue weighted by Crippen LogP contribution is -2.20. The minimum Gasteiger partial charge on any atom is -0.468 e. The van der Waals surface area contributed by atoms with Gasteiger partial charge in [0.15, 0.2) is 0 Å². The molecule has 1 aromatic carbocycles. The molecule has 1 aromatic rings. The summed E-state index contributed by atoms with van der Waals surface area (Å²) in [6.07, 6.45) is 0. The zero-order valence-electron chi connectivity index (χ0n) is 7.61. The van der Waals surface area contributed by atoms with Gasteiger partial charge in [-0.3, -0.25) is 4.79 Å². The van der Waals surface area contributed by atoms with Crippen LogP contribution >= 0.6 is 31.9 Å². The Hall–Kier alpha value is -0.350. The van der Waals surface area contributed by atoms with Gasteiger partial charge in [-0.25, -0.2) is 0 Å². The van der Waals surface area contributed by atoms with E-state index in [1.807, 2.05) is 30.3 Å². The summed E-state index contributed by atoms with van der Waals surface area (Å²) in [5, 5.41) is 0. The lowest BCUT2D eigenvalue weighted by atomic mass is 10.1. The topological polar surface area (TPSA) is 26.3 Å². The smallest absolute Gasteiger partial charge is 0.320 e. The Morgan fingerprint density at radius 2 is 1.86 bits per heavy atom. The quantitative estimate of drug-likeness (QED) is 0.632. The molecule has 0 saturated carbocycles. The Bertz CT molecular complexity index is 300. The van der Waals surface area contributed by atoms with Crippen molar-refractivity contribution in [3.63, 3.8) is 0 Å². The highest BCUT2D eigenvalue weighted by atomic mass is 79.9. The number of benzene rings is 1. The van der Waals surface area contributed by atoms with Crippen LogP contribution in [0.15, 0.2) is 30.3 Å². The lowest BCUT2D eigenvalue weighted by molar-refractivity contribution is -0.139. The molecule has 0 saturated heterocycles. The standard InChI is InChI=1S/C10H10Br2O2/c1-14-10(13)9(12)8(11)7-5-3-2-4-6-7/h2-6,8-9H,1H3/t8-,9-/m1/s1. The van der Waals surface area contributed by atoms with E-state index in [2.05, 4.69) is 36.6 Å². The highest BCUT2D eigenvalue weighted by molar-refractivity contribution is 9.12. The van der Waals surface area contributed by atoms with Crippen molar-refractivity contribution in [1.29, 1.82) is 0 Å². The molecule has 4 heteroatoms. The van der Waals surface area contributed by atoms with E-state index in [-0.39, 0.29) is 15.6 Å². The molecule has 1 rings (SSSR count). The van der Waals surface area contributed by atoms with Crippen molar-refractivity contribution in [3.8, 4) is 0 Å². The number of carbonyl (C=O) groups is 1. The van der Waals surface area contributed by atoms with Gasteiger partial charge in [-0.2, -0.15) is 0 Å². The first-order chi connectivity index (χ1) is 6.66. The minimum absolute atomic E-state index is 0.0730. The molecular formula is C10H10Br2O2. The maximum absolute atomic E-state index is 11.2. The fraction of sp³-hybridized carbons (Fsp3) is 0.300. The summed E-state index contributed by atoms with van der Waals surface area (Å²) in [5.74, 6) is -0.282. The predicted octanol–water partition coefficient (Wildman–Crippen LogP) is 3.06. The summed E-state index contributed by atoms with van der Waals surface area (Å²) in [6, 6.07) is 9.71. The molecule has 0 aliphatic heterocycles. The average molecular weight is 322 g/mol. The summed E-state index contributed by atoms with van der Waals surface area (Å²) in [5.41, 5.74) is 1.04. The Kier molecular flexibility index (Phi) is 4.62. The number of rotatable bonds is 3. The number of methoxy groups -OCH3 is 1. The first kappa shape index (κ1) is 11.7. The van der Waals surface area contributed by atoms with Gasteiger partial charge in [0.2, 0.25) is 0 Å². The van der Waals surface area contributed by atoms with Gasteiger partial charge in [0.05, 0.1) is 11.9 Å². The van der Waals surface area contributed by atoms with Crippen molar-refractivity contribution in [2.45, 2.75) is 9.65 Å². The zero-order chi connectivity index (χ0) is 10.6. The van der Waals surface area contributed by atoms with Crippen LogP contribution in [0.4, 0.5) is 0 Å². The van der Waals surface area contributed by atoms with Gasteiger partial charge in [0.1, 0.15) is 4.83 Å². The number of ether oxygens (including phenoxy) is 1. The Balaban J connectivity index is 2.75. The predicted molar refractivity (Wildman–Crippen MR) is 62.8 cm³/mol. The molecule has 0 aliphatic rings. The summed E-state index contributed by atoms with van der Waals surface area (Å²) in [4.78, 5) is 10.8. The van der Waals surface area contributed by atoms with E-state index in [9.17, 15) is 4.79 Å². The molecule has 0 spiro atoms. The maximum atomic E-state index is 11.2. The van der Waals surface area contributed by atoms with Gasteiger partial charge in [0, 0.05) is 0 Å². The van der Waals surface area contributed by atoms with Crippen LogP contribution in [0.3, 0.4) is 0 Å². The third-order valence-corrected chi connectivity index (χ3v) is 4.47. The van der Waals surface area contributed by atoms with Gasteiger partial charge in [-0.1, -0.05) is 62.2 Å². The summed E-state index contributed by atoms with van der Waals surface area (Å²) in [7, 11) is 1.38. The molecule has 0 fully saturated rings. The monoisotopic (exact) mass is 320 g/mol. The number of esters is 1. The van der Waals surface area contributed by atoms with Crippen LogP contribution in [0.5, 0.6) is 0 Å². The number of carbonyl (C=O) groups excluding carboxylic acids is 1. The molecule has 14 heavy (non-hydrogen) atoms. The number of halogens is 2. The second kappa shape index (κ2) is 5.51. The van der Waals surface area contributed by atoms with E-state index in [1.54, 1.807) is 0 Å². The van der Waals surface area contributed by atoms with Crippen molar-refractivity contribution in [2.24, 2.45) is 0 Å². The number of hydrogen-bond donors (Lipinski definition) is 0. The fourth-order valence-corrected chi connectivity index (χ4v) is 2.05. The Morgan fingerprint density at radius 1 is 1.29 bits per heavy atom. The van der Waals surface area contributed by atoms with Gasteiger partial charge >= 0.3 is 5.97 Å². The fourth-order valence-electron chi connectivity index (χ4n) is 1.04. The molecule has 0 aromatic heterocycles. The molecule has 0 amide bonds. The Labute approximate surface area is 99.9 Å². The van der Waals surface area contributed by atoms with Gasteiger partial charge < -0.3 is 4.74 Å².